The van der Waals surface area contributed by atoms with Crippen LogP contribution in [0.1, 0.15) is 91.7 Å². The van der Waals surface area contributed by atoms with E-state index in [1.807, 2.05) is 0 Å². The van der Waals surface area contributed by atoms with Gasteiger partial charge in [-0.15, -0.1) is 0 Å². The predicted octanol–water partition coefficient (Wildman–Crippen LogP) is 5.09. The normalized spacial score (nSPS) is 18.0. The summed E-state index contributed by atoms with van der Waals surface area (Å²) in [4.78, 5) is 18.1. The monoisotopic (exact) mass is 429 g/mol. The summed E-state index contributed by atoms with van der Waals surface area (Å²) < 4.78 is 0. The minimum Gasteiger partial charge on any atom is -0.369 e. The Labute approximate surface area is 191 Å². The highest BCUT2D eigenvalue weighted by molar-refractivity contribution is 5.86. The molecular weight excluding hydrogens is 382 g/mol. The van der Waals surface area contributed by atoms with Crippen LogP contribution in [0.3, 0.4) is 0 Å². The number of primary amides is 1. The van der Waals surface area contributed by atoms with Crippen molar-refractivity contribution >= 4 is 5.91 Å². The molecule has 1 fully saturated rings. The molecule has 1 aromatic rings. The zero-order valence-corrected chi connectivity index (χ0v) is 21.2. The molecule has 2 rings (SSSR count). The van der Waals surface area contributed by atoms with Crippen molar-refractivity contribution in [3.05, 3.63) is 35.4 Å². The van der Waals surface area contributed by atoms with Gasteiger partial charge in [-0.1, -0.05) is 51.5 Å². The minimum absolute atomic E-state index is 0.0911. The molecule has 0 aliphatic carbocycles. The molecule has 0 aromatic heterocycles. The van der Waals surface area contributed by atoms with E-state index in [0.717, 1.165) is 44.6 Å². The average Bonchev–Trinajstić information content (AvgIpc) is 2.70. The molecule has 1 atom stereocenters. The Morgan fingerprint density at radius 3 is 1.90 bits per heavy atom. The molecule has 176 valence electrons. The van der Waals surface area contributed by atoms with Crippen LogP contribution in [0, 0.1) is 0 Å². The number of nitrogens with two attached hydrogens (primary N) is 1. The van der Waals surface area contributed by atoms with E-state index in [-0.39, 0.29) is 11.3 Å². The number of carbonyl (C=O) groups excluding carboxylic acids is 1. The number of nitrogens with zero attached hydrogens (tertiary/aromatic N) is 2. The van der Waals surface area contributed by atoms with Crippen LogP contribution in [0.4, 0.5) is 0 Å². The molecule has 2 N–H and O–H groups in total. The van der Waals surface area contributed by atoms with Crippen LogP contribution >= 0.6 is 0 Å². The first kappa shape index (κ1) is 25.9. The van der Waals surface area contributed by atoms with E-state index in [4.69, 9.17) is 5.73 Å². The number of hydrogen-bond donors (Lipinski definition) is 1. The molecule has 0 spiro atoms. The van der Waals surface area contributed by atoms with Crippen LogP contribution in [-0.2, 0) is 15.6 Å². The van der Waals surface area contributed by atoms with Crippen LogP contribution < -0.4 is 5.73 Å². The standard InChI is InChI=1S/C27H47N3O/c1-21(2)30(22(3)4)20-16-27(25(28)31,15-19-29-17-9-8-10-18-29)24-13-11-23(12-14-24)26(5,6)7/h11-14,21-22H,8-10,15-20H2,1-7H3,(H2,28,31)/t27-/m0/s1. The van der Waals surface area contributed by atoms with Crippen LogP contribution in [0.2, 0.25) is 0 Å². The maximum atomic E-state index is 13.1. The van der Waals surface area contributed by atoms with Gasteiger partial charge in [0.05, 0.1) is 5.41 Å². The number of benzene rings is 1. The van der Waals surface area contributed by atoms with Gasteiger partial charge in [0.15, 0.2) is 0 Å². The van der Waals surface area contributed by atoms with Gasteiger partial charge in [-0.25, -0.2) is 0 Å². The number of likely N-dealkylation sites (tertiary alicyclic amines) is 1. The highest BCUT2D eigenvalue weighted by Gasteiger charge is 2.39. The number of rotatable bonds is 10. The Hall–Kier alpha value is -1.39. The molecule has 1 saturated heterocycles. The lowest BCUT2D eigenvalue weighted by Crippen LogP contribution is -2.48. The maximum Gasteiger partial charge on any atom is 0.228 e. The number of hydrogen-bond acceptors (Lipinski definition) is 3. The Kier molecular flexibility index (Phi) is 9.14. The summed E-state index contributed by atoms with van der Waals surface area (Å²) in [6.45, 7) is 19.7. The van der Waals surface area contributed by atoms with Crippen molar-refractivity contribution in [3.63, 3.8) is 0 Å². The van der Waals surface area contributed by atoms with Crippen molar-refractivity contribution in [1.82, 2.24) is 9.80 Å². The van der Waals surface area contributed by atoms with E-state index in [1.165, 1.54) is 24.8 Å². The third kappa shape index (κ3) is 6.79. The van der Waals surface area contributed by atoms with Crippen LogP contribution in [0.5, 0.6) is 0 Å². The fraction of sp³-hybridized carbons (Fsp3) is 0.741. The van der Waals surface area contributed by atoms with Crippen molar-refractivity contribution < 1.29 is 4.79 Å². The minimum atomic E-state index is -0.629. The van der Waals surface area contributed by atoms with Gasteiger partial charge in [0.25, 0.3) is 0 Å². The molecule has 4 nitrogen and oxygen atoms in total. The lowest BCUT2D eigenvalue weighted by molar-refractivity contribution is -0.124. The molecule has 1 aliphatic heterocycles. The van der Waals surface area contributed by atoms with E-state index in [9.17, 15) is 4.79 Å². The first-order chi connectivity index (χ1) is 14.5. The average molecular weight is 430 g/mol. The van der Waals surface area contributed by atoms with E-state index >= 15 is 0 Å². The van der Waals surface area contributed by atoms with Crippen molar-refractivity contribution in [2.24, 2.45) is 5.73 Å². The lowest BCUT2D eigenvalue weighted by Gasteiger charge is -2.38. The van der Waals surface area contributed by atoms with E-state index in [0.29, 0.717) is 12.1 Å². The zero-order valence-electron chi connectivity index (χ0n) is 21.2. The Bertz CT molecular complexity index is 675. The van der Waals surface area contributed by atoms with Gasteiger partial charge >= 0.3 is 0 Å². The SMILES string of the molecule is CC(C)N(CC[C@](CCN1CCCCC1)(C(N)=O)c1ccc(C(C)(C)C)cc1)C(C)C. The van der Waals surface area contributed by atoms with Crippen molar-refractivity contribution in [1.29, 1.82) is 0 Å². The Morgan fingerprint density at radius 1 is 0.935 bits per heavy atom. The second-order valence-corrected chi connectivity index (χ2v) is 11.1. The number of amides is 1. The highest BCUT2D eigenvalue weighted by atomic mass is 16.1. The molecule has 0 radical (unpaired) electrons. The molecule has 1 aliphatic rings. The quantitative estimate of drug-likeness (QED) is 0.563. The van der Waals surface area contributed by atoms with Crippen molar-refractivity contribution in [2.45, 2.75) is 103 Å². The summed E-state index contributed by atoms with van der Waals surface area (Å²) in [5.74, 6) is -0.180. The van der Waals surface area contributed by atoms with Gasteiger partial charge in [-0.2, -0.15) is 0 Å². The van der Waals surface area contributed by atoms with Crippen LogP contribution in [0.15, 0.2) is 24.3 Å². The van der Waals surface area contributed by atoms with E-state index in [2.05, 4.69) is 82.5 Å². The van der Waals surface area contributed by atoms with E-state index < -0.39 is 5.41 Å². The Balaban J connectivity index is 2.35. The molecule has 0 bridgehead atoms. The molecule has 0 unspecified atom stereocenters. The van der Waals surface area contributed by atoms with Crippen LogP contribution in [0.25, 0.3) is 0 Å². The lowest BCUT2D eigenvalue weighted by atomic mass is 9.72. The fourth-order valence-electron chi connectivity index (χ4n) is 5.06. The van der Waals surface area contributed by atoms with Crippen molar-refractivity contribution in [3.8, 4) is 0 Å². The van der Waals surface area contributed by atoms with Gasteiger partial charge in [-0.3, -0.25) is 9.69 Å². The summed E-state index contributed by atoms with van der Waals surface area (Å²) in [5.41, 5.74) is 8.04. The van der Waals surface area contributed by atoms with Gasteiger partial charge < -0.3 is 10.6 Å². The third-order valence-electron chi connectivity index (χ3n) is 7.20. The molecule has 31 heavy (non-hydrogen) atoms. The molecule has 4 heteroatoms. The molecular formula is C27H47N3O. The predicted molar refractivity (Wildman–Crippen MR) is 133 cm³/mol. The zero-order chi connectivity index (χ0) is 23.2. The van der Waals surface area contributed by atoms with Gasteiger partial charge in [0.1, 0.15) is 0 Å². The molecule has 0 saturated carbocycles. The smallest absolute Gasteiger partial charge is 0.228 e. The molecule has 1 heterocycles. The van der Waals surface area contributed by atoms with Gasteiger partial charge in [0.2, 0.25) is 5.91 Å². The third-order valence-corrected chi connectivity index (χ3v) is 7.20. The summed E-state index contributed by atoms with van der Waals surface area (Å²) in [6, 6.07) is 9.59. The molecule has 1 aromatic carbocycles. The summed E-state index contributed by atoms with van der Waals surface area (Å²) >= 11 is 0. The summed E-state index contributed by atoms with van der Waals surface area (Å²) in [5, 5.41) is 0. The second-order valence-electron chi connectivity index (χ2n) is 11.1. The number of piperidine rings is 1. The van der Waals surface area contributed by atoms with E-state index in [1.54, 1.807) is 0 Å². The van der Waals surface area contributed by atoms with Gasteiger partial charge in [0, 0.05) is 18.6 Å². The molecule has 1 amide bonds. The van der Waals surface area contributed by atoms with Crippen LogP contribution in [-0.4, -0.2) is 54.0 Å². The largest absolute Gasteiger partial charge is 0.369 e. The van der Waals surface area contributed by atoms with Crippen molar-refractivity contribution in [2.75, 3.05) is 26.2 Å². The highest BCUT2D eigenvalue weighted by Crippen LogP contribution is 2.35. The first-order valence-corrected chi connectivity index (χ1v) is 12.4. The first-order valence-electron chi connectivity index (χ1n) is 12.4. The summed E-state index contributed by atoms with van der Waals surface area (Å²) in [7, 11) is 0. The Morgan fingerprint density at radius 2 is 1.45 bits per heavy atom. The van der Waals surface area contributed by atoms with Gasteiger partial charge in [-0.05, 0) is 89.6 Å². The number of carbonyl (C=O) groups is 1. The second kappa shape index (κ2) is 11.0. The summed E-state index contributed by atoms with van der Waals surface area (Å²) in [6.07, 6.45) is 5.41. The fourth-order valence-corrected chi connectivity index (χ4v) is 5.06. The maximum absolute atomic E-state index is 13.1. The topological polar surface area (TPSA) is 49.6 Å².